The van der Waals surface area contributed by atoms with Gasteiger partial charge in [-0.2, -0.15) is 5.10 Å². The van der Waals surface area contributed by atoms with Gasteiger partial charge in [-0.3, -0.25) is 9.89 Å². The molecule has 0 aliphatic carbocycles. The zero-order valence-corrected chi connectivity index (χ0v) is 10.7. The average Bonchev–Trinajstić information content (AvgIpc) is 2.78. The zero-order chi connectivity index (χ0) is 13.0. The number of hydrogen-bond donors (Lipinski definition) is 2. The quantitative estimate of drug-likeness (QED) is 0.848. The second-order valence-corrected chi connectivity index (χ2v) is 4.37. The highest BCUT2D eigenvalue weighted by molar-refractivity contribution is 6.34. The summed E-state index contributed by atoms with van der Waals surface area (Å²) in [5, 5.41) is 10.0. The molecule has 0 aliphatic heterocycles. The number of carbonyl (C=O) groups excluding carboxylic acids is 1. The van der Waals surface area contributed by atoms with E-state index in [2.05, 4.69) is 15.5 Å². The molecule has 0 bridgehead atoms. The third kappa shape index (κ3) is 3.61. The maximum atomic E-state index is 11.5. The van der Waals surface area contributed by atoms with Crippen LogP contribution in [0.15, 0.2) is 36.5 Å². The van der Waals surface area contributed by atoms with Crippen LogP contribution in [-0.2, 0) is 4.79 Å². The first-order chi connectivity index (χ1) is 8.63. The Kier molecular flexibility index (Phi) is 4.02. The highest BCUT2D eigenvalue weighted by Gasteiger charge is 1.99. The van der Waals surface area contributed by atoms with Crippen LogP contribution in [0.5, 0.6) is 0 Å². The molecule has 0 spiro atoms. The Morgan fingerprint density at radius 2 is 2.00 bits per heavy atom. The van der Waals surface area contributed by atoms with E-state index in [0.717, 1.165) is 5.56 Å². The lowest BCUT2D eigenvalue weighted by Crippen LogP contribution is -2.07. The van der Waals surface area contributed by atoms with Gasteiger partial charge in [0.25, 0.3) is 0 Å². The number of nitrogens with zero attached hydrogens (tertiary/aromatic N) is 1. The number of H-pyrrole nitrogens is 1. The van der Waals surface area contributed by atoms with E-state index in [4.69, 9.17) is 23.2 Å². The Morgan fingerprint density at radius 3 is 2.61 bits per heavy atom. The normalized spacial score (nSPS) is 10.8. The van der Waals surface area contributed by atoms with Crippen LogP contribution in [0.1, 0.15) is 5.56 Å². The number of anilines is 1. The number of amides is 1. The van der Waals surface area contributed by atoms with Gasteiger partial charge in [-0.15, -0.1) is 0 Å². The molecule has 1 heterocycles. The summed E-state index contributed by atoms with van der Waals surface area (Å²) in [5.74, 6) is 0.268. The van der Waals surface area contributed by atoms with Crippen molar-refractivity contribution in [2.75, 3.05) is 5.32 Å². The van der Waals surface area contributed by atoms with Crippen LogP contribution < -0.4 is 5.32 Å². The number of nitrogens with one attached hydrogen (secondary N) is 2. The van der Waals surface area contributed by atoms with Gasteiger partial charge in [0.05, 0.1) is 6.20 Å². The number of carbonyl (C=O) groups is 1. The third-order valence-electron chi connectivity index (χ3n) is 2.07. The van der Waals surface area contributed by atoms with E-state index in [1.165, 1.54) is 6.08 Å². The van der Waals surface area contributed by atoms with E-state index < -0.39 is 0 Å². The van der Waals surface area contributed by atoms with Crippen molar-refractivity contribution in [2.24, 2.45) is 0 Å². The summed E-state index contributed by atoms with van der Waals surface area (Å²) < 4.78 is 0. The predicted octanol–water partition coefficient (Wildman–Crippen LogP) is 3.37. The Balaban J connectivity index is 2.04. The van der Waals surface area contributed by atoms with Crippen molar-refractivity contribution in [3.05, 3.63) is 52.1 Å². The van der Waals surface area contributed by atoms with Gasteiger partial charge in [-0.05, 0) is 29.8 Å². The summed E-state index contributed by atoms with van der Waals surface area (Å²) in [6, 6.07) is 6.72. The Morgan fingerprint density at radius 1 is 1.28 bits per heavy atom. The summed E-state index contributed by atoms with van der Waals surface area (Å²) in [6.45, 7) is 0. The first-order valence-electron chi connectivity index (χ1n) is 5.08. The highest BCUT2D eigenvalue weighted by Crippen LogP contribution is 2.19. The second kappa shape index (κ2) is 5.71. The molecule has 2 rings (SSSR count). The molecule has 0 unspecified atom stereocenters. The van der Waals surface area contributed by atoms with Gasteiger partial charge in [0, 0.05) is 22.2 Å². The molecule has 0 aliphatic rings. The molecule has 0 atom stereocenters. The molecule has 18 heavy (non-hydrogen) atoms. The van der Waals surface area contributed by atoms with Gasteiger partial charge in [0.2, 0.25) is 5.91 Å². The monoisotopic (exact) mass is 281 g/mol. The summed E-state index contributed by atoms with van der Waals surface area (Å²) in [7, 11) is 0. The number of benzene rings is 1. The molecule has 0 fully saturated rings. The lowest BCUT2D eigenvalue weighted by molar-refractivity contribution is -0.111. The number of aromatic amines is 1. The molecule has 1 amide bonds. The molecule has 2 aromatic rings. The van der Waals surface area contributed by atoms with Crippen molar-refractivity contribution in [1.29, 1.82) is 0 Å². The van der Waals surface area contributed by atoms with Gasteiger partial charge in [0.15, 0.2) is 0 Å². The van der Waals surface area contributed by atoms with Crippen LogP contribution in [0.4, 0.5) is 5.82 Å². The molecular weight excluding hydrogens is 273 g/mol. The summed E-state index contributed by atoms with van der Waals surface area (Å²) in [4.78, 5) is 11.5. The molecule has 0 radical (unpaired) electrons. The van der Waals surface area contributed by atoms with E-state index in [0.29, 0.717) is 15.9 Å². The Labute approximate surface area is 114 Å². The van der Waals surface area contributed by atoms with E-state index >= 15 is 0 Å². The Hall–Kier alpha value is -1.78. The average molecular weight is 282 g/mol. The van der Waals surface area contributed by atoms with E-state index in [1.54, 1.807) is 36.5 Å². The van der Waals surface area contributed by atoms with Crippen molar-refractivity contribution in [2.45, 2.75) is 0 Å². The minimum atomic E-state index is -0.268. The lowest BCUT2D eigenvalue weighted by Gasteiger charge is -1.98. The molecule has 0 saturated carbocycles. The first-order valence-corrected chi connectivity index (χ1v) is 5.83. The zero-order valence-electron chi connectivity index (χ0n) is 9.15. The Bertz CT molecular complexity index is 559. The number of hydrogen-bond acceptors (Lipinski definition) is 2. The summed E-state index contributed by atoms with van der Waals surface area (Å²) in [5.41, 5.74) is 0.757. The molecule has 6 heteroatoms. The maximum absolute atomic E-state index is 11.5. The van der Waals surface area contributed by atoms with E-state index in [1.807, 2.05) is 0 Å². The van der Waals surface area contributed by atoms with E-state index in [9.17, 15) is 4.79 Å². The first kappa shape index (κ1) is 12.7. The molecule has 4 nitrogen and oxygen atoms in total. The van der Waals surface area contributed by atoms with Gasteiger partial charge in [0.1, 0.15) is 5.82 Å². The van der Waals surface area contributed by atoms with E-state index in [-0.39, 0.29) is 5.91 Å². The fourth-order valence-electron chi connectivity index (χ4n) is 1.34. The summed E-state index contributed by atoms with van der Waals surface area (Å²) in [6.07, 6.45) is 4.57. The van der Waals surface area contributed by atoms with Crippen LogP contribution in [0.3, 0.4) is 0 Å². The minimum absolute atomic E-state index is 0.268. The molecule has 1 aromatic carbocycles. The molecule has 0 saturated heterocycles. The third-order valence-corrected chi connectivity index (χ3v) is 2.51. The smallest absolute Gasteiger partial charge is 0.249 e. The van der Waals surface area contributed by atoms with Gasteiger partial charge < -0.3 is 5.32 Å². The van der Waals surface area contributed by atoms with Gasteiger partial charge >= 0.3 is 0 Å². The van der Waals surface area contributed by atoms with Gasteiger partial charge in [-0.1, -0.05) is 23.2 Å². The van der Waals surface area contributed by atoms with Gasteiger partial charge in [-0.25, -0.2) is 0 Å². The molecular formula is C12H9Cl2N3O. The van der Waals surface area contributed by atoms with Crippen molar-refractivity contribution in [3.8, 4) is 0 Å². The SMILES string of the molecule is O=C(C=Cc1cc(Cl)cc(Cl)c1)Nc1ccn[nH]1. The van der Waals surface area contributed by atoms with Crippen molar-refractivity contribution < 1.29 is 4.79 Å². The fraction of sp³-hybridized carbons (Fsp3) is 0. The highest BCUT2D eigenvalue weighted by atomic mass is 35.5. The largest absolute Gasteiger partial charge is 0.307 e. The maximum Gasteiger partial charge on any atom is 0.249 e. The molecule has 1 aromatic heterocycles. The number of halogens is 2. The van der Waals surface area contributed by atoms with Crippen molar-refractivity contribution in [3.63, 3.8) is 0 Å². The number of aromatic nitrogens is 2. The fourth-order valence-corrected chi connectivity index (χ4v) is 1.89. The second-order valence-electron chi connectivity index (χ2n) is 3.50. The minimum Gasteiger partial charge on any atom is -0.307 e. The van der Waals surface area contributed by atoms with Crippen LogP contribution in [0.2, 0.25) is 10.0 Å². The number of rotatable bonds is 3. The standard InChI is InChI=1S/C12H9Cl2N3O/c13-9-5-8(6-10(14)7-9)1-2-12(18)16-11-3-4-15-17-11/h1-7H,(H2,15,16,17,18). The van der Waals surface area contributed by atoms with Crippen LogP contribution in [0.25, 0.3) is 6.08 Å². The lowest BCUT2D eigenvalue weighted by atomic mass is 10.2. The topological polar surface area (TPSA) is 57.8 Å². The summed E-state index contributed by atoms with van der Waals surface area (Å²) >= 11 is 11.7. The van der Waals surface area contributed by atoms with Crippen LogP contribution >= 0.6 is 23.2 Å². The van der Waals surface area contributed by atoms with Crippen molar-refractivity contribution >= 4 is 41.0 Å². The molecule has 2 N–H and O–H groups in total. The van der Waals surface area contributed by atoms with Crippen LogP contribution in [0, 0.1) is 0 Å². The van der Waals surface area contributed by atoms with Crippen LogP contribution in [-0.4, -0.2) is 16.1 Å². The molecule has 92 valence electrons. The van der Waals surface area contributed by atoms with Crippen molar-refractivity contribution in [1.82, 2.24) is 10.2 Å². The predicted molar refractivity (Wildman–Crippen MR) is 72.7 cm³/mol.